The van der Waals surface area contributed by atoms with Crippen LogP contribution in [0, 0.1) is 0 Å². The average Bonchev–Trinajstić information content (AvgIpc) is 3.06. The van der Waals surface area contributed by atoms with Gasteiger partial charge >= 0.3 is 0 Å². The molecule has 0 unspecified atom stereocenters. The van der Waals surface area contributed by atoms with Gasteiger partial charge in [0.15, 0.2) is 11.3 Å². The molecule has 20 heavy (non-hydrogen) atoms. The van der Waals surface area contributed by atoms with E-state index in [0.717, 1.165) is 16.6 Å². The maximum absolute atomic E-state index is 5.87. The van der Waals surface area contributed by atoms with Crippen molar-refractivity contribution < 1.29 is 0 Å². The normalized spacial score (nSPS) is 11.4. The molecule has 0 saturated carbocycles. The van der Waals surface area contributed by atoms with Crippen LogP contribution >= 0.6 is 0 Å². The topological polar surface area (TPSA) is 86.9 Å². The van der Waals surface area contributed by atoms with Gasteiger partial charge in [0.25, 0.3) is 0 Å². The monoisotopic (exact) mass is 265 g/mol. The van der Waals surface area contributed by atoms with Crippen LogP contribution in [0.3, 0.4) is 0 Å². The third-order valence-electron chi connectivity index (χ3n) is 3.43. The number of aryl methyl sites for hydroxylation is 1. The zero-order valence-electron chi connectivity index (χ0n) is 10.7. The van der Waals surface area contributed by atoms with Gasteiger partial charge in [-0.15, -0.1) is 5.10 Å². The predicted octanol–water partition coefficient (Wildman–Crippen LogP) is 1.26. The number of tetrazole rings is 1. The molecular weight excluding hydrogens is 254 g/mol. The maximum Gasteiger partial charge on any atom is 0.202 e. The fourth-order valence-corrected chi connectivity index (χ4v) is 2.36. The van der Waals surface area contributed by atoms with Gasteiger partial charge in [0.2, 0.25) is 5.95 Å². The van der Waals surface area contributed by atoms with E-state index in [2.05, 4.69) is 20.5 Å². The average molecular weight is 265 g/mol. The van der Waals surface area contributed by atoms with Gasteiger partial charge in [-0.2, -0.15) is 9.50 Å². The van der Waals surface area contributed by atoms with Crippen molar-refractivity contribution in [1.82, 2.24) is 29.6 Å². The lowest BCUT2D eigenvalue weighted by Gasteiger charge is -2.04. The van der Waals surface area contributed by atoms with E-state index in [1.54, 1.807) is 4.52 Å². The molecule has 4 rings (SSSR count). The third-order valence-corrected chi connectivity index (χ3v) is 3.43. The van der Waals surface area contributed by atoms with Gasteiger partial charge in [0.05, 0.1) is 5.52 Å². The van der Waals surface area contributed by atoms with Crippen molar-refractivity contribution in [2.75, 3.05) is 5.73 Å². The van der Waals surface area contributed by atoms with Gasteiger partial charge in [-0.05, 0) is 22.1 Å². The van der Waals surface area contributed by atoms with Crippen LogP contribution in [0.25, 0.3) is 27.9 Å². The lowest BCUT2D eigenvalue weighted by molar-refractivity contribution is 0.837. The molecule has 2 N–H and O–H groups in total. The van der Waals surface area contributed by atoms with Crippen LogP contribution in [-0.2, 0) is 7.05 Å². The van der Waals surface area contributed by atoms with E-state index in [1.165, 1.54) is 0 Å². The number of aromatic nitrogens is 6. The summed E-state index contributed by atoms with van der Waals surface area (Å²) in [5.41, 5.74) is 10.1. The molecule has 0 aliphatic heterocycles. The molecule has 7 nitrogen and oxygen atoms in total. The van der Waals surface area contributed by atoms with E-state index >= 15 is 0 Å². The van der Waals surface area contributed by atoms with Gasteiger partial charge in [-0.3, -0.25) is 0 Å². The quantitative estimate of drug-likeness (QED) is 0.560. The number of nitrogens with two attached hydrogens (primary N) is 1. The molecule has 0 spiro atoms. The minimum Gasteiger partial charge on any atom is -0.369 e. The molecule has 0 aliphatic rings. The minimum atomic E-state index is 0.432. The number of rotatable bonds is 1. The molecule has 0 aliphatic carbocycles. The van der Waals surface area contributed by atoms with E-state index in [9.17, 15) is 0 Å². The molecule has 7 heteroatoms. The highest BCUT2D eigenvalue weighted by Gasteiger charge is 2.15. The summed E-state index contributed by atoms with van der Waals surface area (Å²) in [6, 6.07) is 12.0. The highest BCUT2D eigenvalue weighted by atomic mass is 15.5. The number of fused-ring (bicyclic) bond motifs is 3. The van der Waals surface area contributed by atoms with Crippen molar-refractivity contribution in [2.45, 2.75) is 0 Å². The summed E-state index contributed by atoms with van der Waals surface area (Å²) in [5.74, 6) is 0.432. The van der Waals surface area contributed by atoms with Crippen LogP contribution < -0.4 is 5.73 Å². The Labute approximate surface area is 113 Å². The summed E-state index contributed by atoms with van der Waals surface area (Å²) in [7, 11) is 1.87. The van der Waals surface area contributed by atoms with Gasteiger partial charge < -0.3 is 10.3 Å². The Hall–Kier alpha value is -2.96. The third kappa shape index (κ3) is 1.34. The van der Waals surface area contributed by atoms with Crippen LogP contribution in [-0.4, -0.2) is 29.6 Å². The van der Waals surface area contributed by atoms with Crippen molar-refractivity contribution in [3.63, 3.8) is 0 Å². The largest absolute Gasteiger partial charge is 0.369 e. The van der Waals surface area contributed by atoms with Crippen LogP contribution in [0.4, 0.5) is 5.95 Å². The Morgan fingerprint density at radius 3 is 2.70 bits per heavy atom. The number of pyridine rings is 1. The summed E-state index contributed by atoms with van der Waals surface area (Å²) < 4.78 is 3.44. The van der Waals surface area contributed by atoms with Gasteiger partial charge in [-0.1, -0.05) is 30.3 Å². The molecule has 0 fully saturated rings. The highest BCUT2D eigenvalue weighted by Crippen LogP contribution is 2.28. The molecule has 0 saturated heterocycles. The molecule has 0 bridgehead atoms. The fraction of sp³-hybridized carbons (Fsp3) is 0.0769. The van der Waals surface area contributed by atoms with Gasteiger partial charge in [0, 0.05) is 12.6 Å². The first-order valence-electron chi connectivity index (χ1n) is 6.14. The van der Waals surface area contributed by atoms with E-state index in [4.69, 9.17) is 5.73 Å². The number of benzene rings is 1. The number of anilines is 1. The molecule has 98 valence electrons. The van der Waals surface area contributed by atoms with E-state index in [-0.39, 0.29) is 0 Å². The summed E-state index contributed by atoms with van der Waals surface area (Å²) in [4.78, 5) is 4.31. The van der Waals surface area contributed by atoms with Crippen molar-refractivity contribution in [3.05, 3.63) is 36.4 Å². The molecule has 0 atom stereocenters. The zero-order chi connectivity index (χ0) is 13.7. The summed E-state index contributed by atoms with van der Waals surface area (Å²) in [5, 5.41) is 11.9. The molecule has 0 radical (unpaired) electrons. The van der Waals surface area contributed by atoms with Crippen molar-refractivity contribution in [2.24, 2.45) is 7.05 Å². The molecule has 4 aromatic rings. The second kappa shape index (κ2) is 3.77. The molecule has 1 aromatic carbocycles. The van der Waals surface area contributed by atoms with Crippen LogP contribution in [0.1, 0.15) is 0 Å². The van der Waals surface area contributed by atoms with Crippen molar-refractivity contribution >= 4 is 22.8 Å². The SMILES string of the molecule is Cn1c(N)nc2c1cc(-c1ccccc1)c1nnnn12. The van der Waals surface area contributed by atoms with Crippen LogP contribution in [0.15, 0.2) is 36.4 Å². The second-order valence-corrected chi connectivity index (χ2v) is 4.58. The summed E-state index contributed by atoms with van der Waals surface area (Å²) >= 11 is 0. The van der Waals surface area contributed by atoms with E-state index in [1.807, 2.05) is 48.0 Å². The maximum atomic E-state index is 5.87. The first-order chi connectivity index (χ1) is 9.75. The lowest BCUT2D eigenvalue weighted by atomic mass is 10.1. The molecule has 3 aromatic heterocycles. The minimum absolute atomic E-state index is 0.432. The number of hydrogen-bond donors (Lipinski definition) is 1. The number of nitrogen functional groups attached to an aromatic ring is 1. The number of hydrogen-bond acceptors (Lipinski definition) is 5. The standard InChI is InChI=1S/C13H11N7/c1-19-10-7-9(8-5-3-2-4-6-8)11-16-17-18-20(11)12(10)15-13(19)14/h2-7H,1H3,(H2,14,15). The first kappa shape index (κ1) is 10.9. The van der Waals surface area contributed by atoms with E-state index < -0.39 is 0 Å². The predicted molar refractivity (Wildman–Crippen MR) is 74.9 cm³/mol. The Morgan fingerprint density at radius 2 is 1.90 bits per heavy atom. The molecule has 0 amide bonds. The van der Waals surface area contributed by atoms with Crippen LogP contribution in [0.2, 0.25) is 0 Å². The van der Waals surface area contributed by atoms with Crippen LogP contribution in [0.5, 0.6) is 0 Å². The van der Waals surface area contributed by atoms with Gasteiger partial charge in [-0.25, -0.2) is 0 Å². The molecular formula is C13H11N7. The summed E-state index contributed by atoms with van der Waals surface area (Å²) in [6.07, 6.45) is 0. The first-order valence-corrected chi connectivity index (χ1v) is 6.14. The Morgan fingerprint density at radius 1 is 1.10 bits per heavy atom. The lowest BCUT2D eigenvalue weighted by Crippen LogP contribution is -1.97. The Kier molecular flexibility index (Phi) is 2.06. The zero-order valence-corrected chi connectivity index (χ0v) is 10.7. The fourth-order valence-electron chi connectivity index (χ4n) is 2.36. The highest BCUT2D eigenvalue weighted by molar-refractivity contribution is 5.88. The summed E-state index contributed by atoms with van der Waals surface area (Å²) in [6.45, 7) is 0. The molecule has 3 heterocycles. The van der Waals surface area contributed by atoms with Gasteiger partial charge in [0.1, 0.15) is 0 Å². The van der Waals surface area contributed by atoms with Crippen molar-refractivity contribution in [1.29, 1.82) is 0 Å². The second-order valence-electron chi connectivity index (χ2n) is 4.58. The number of imidazole rings is 1. The van der Waals surface area contributed by atoms with Crippen molar-refractivity contribution in [3.8, 4) is 11.1 Å². The van der Waals surface area contributed by atoms with E-state index in [0.29, 0.717) is 17.2 Å². The number of nitrogens with zero attached hydrogens (tertiary/aromatic N) is 6. The Balaban J connectivity index is 2.19. The Bertz CT molecular complexity index is 920. The smallest absolute Gasteiger partial charge is 0.202 e.